The van der Waals surface area contributed by atoms with E-state index in [9.17, 15) is 0 Å². The maximum Gasteiger partial charge on any atom is 0.180 e. The van der Waals surface area contributed by atoms with E-state index in [0.717, 1.165) is 45.4 Å². The minimum absolute atomic E-state index is 0.665. The Bertz CT molecular complexity index is 1290. The van der Waals surface area contributed by atoms with Crippen LogP contribution in [0.3, 0.4) is 0 Å². The van der Waals surface area contributed by atoms with Crippen LogP contribution in [0.15, 0.2) is 79.4 Å². The molecule has 0 aliphatic heterocycles. The summed E-state index contributed by atoms with van der Waals surface area (Å²) >= 11 is 6.14. The quantitative estimate of drug-likeness (QED) is 0.251. The highest BCUT2D eigenvalue weighted by atomic mass is 32.2. The molecular formula is C22H16N6S4. The van der Waals surface area contributed by atoms with Crippen molar-refractivity contribution in [2.45, 2.75) is 32.6 Å². The highest BCUT2D eigenvalue weighted by Gasteiger charge is 2.21. The average molecular weight is 493 g/mol. The minimum atomic E-state index is 0.665. The zero-order valence-corrected chi connectivity index (χ0v) is 20.4. The molecule has 0 aliphatic rings. The Kier molecular flexibility index (Phi) is 6.26. The normalized spacial score (nSPS) is 11.1. The summed E-state index contributed by atoms with van der Waals surface area (Å²) < 4.78 is 1.69. The lowest BCUT2D eigenvalue weighted by molar-refractivity contribution is 0.957. The molecule has 158 valence electrons. The Hall–Kier alpha value is -2.66. The van der Waals surface area contributed by atoms with Crippen LogP contribution in [0.25, 0.3) is 22.5 Å². The standard InChI is InChI=1S/C22H16N6S4/c1-13-25-27-21(29-13)31-19-17(15-9-5-3-6-10-15)20(32-22-28-26-14(2)30-22)24-18(23-19)16-11-7-4-8-12-16/h3-12H,1-2H3. The molecule has 2 aromatic carbocycles. The lowest BCUT2D eigenvalue weighted by Gasteiger charge is -2.14. The van der Waals surface area contributed by atoms with E-state index in [1.54, 1.807) is 22.7 Å². The van der Waals surface area contributed by atoms with Gasteiger partial charge in [-0.15, -0.1) is 20.4 Å². The first-order chi connectivity index (χ1) is 15.7. The molecule has 0 saturated heterocycles. The summed E-state index contributed by atoms with van der Waals surface area (Å²) in [6.07, 6.45) is 0. The number of hydrogen-bond donors (Lipinski definition) is 0. The van der Waals surface area contributed by atoms with Crippen molar-refractivity contribution in [2.75, 3.05) is 0 Å². The van der Waals surface area contributed by atoms with Crippen molar-refractivity contribution in [3.63, 3.8) is 0 Å². The predicted octanol–water partition coefficient (Wildman–Crippen LogP) is 6.43. The number of hydrogen-bond acceptors (Lipinski definition) is 10. The van der Waals surface area contributed by atoms with E-state index in [1.165, 1.54) is 23.5 Å². The van der Waals surface area contributed by atoms with Crippen molar-refractivity contribution in [3.8, 4) is 22.5 Å². The molecule has 32 heavy (non-hydrogen) atoms. The smallest absolute Gasteiger partial charge is 0.180 e. The van der Waals surface area contributed by atoms with E-state index in [2.05, 4.69) is 32.5 Å². The van der Waals surface area contributed by atoms with Crippen molar-refractivity contribution >= 4 is 46.2 Å². The molecule has 10 heteroatoms. The zero-order valence-electron chi connectivity index (χ0n) is 17.1. The fourth-order valence-electron chi connectivity index (χ4n) is 2.94. The van der Waals surface area contributed by atoms with E-state index in [1.807, 2.05) is 62.4 Å². The number of benzene rings is 2. The van der Waals surface area contributed by atoms with Gasteiger partial charge in [-0.2, -0.15) is 0 Å². The maximum absolute atomic E-state index is 4.98. The second-order valence-electron chi connectivity index (χ2n) is 6.64. The van der Waals surface area contributed by atoms with Crippen molar-refractivity contribution in [1.29, 1.82) is 0 Å². The van der Waals surface area contributed by atoms with E-state index >= 15 is 0 Å². The molecule has 0 amide bonds. The summed E-state index contributed by atoms with van der Waals surface area (Å²) in [7, 11) is 0. The Morgan fingerprint density at radius 3 is 1.50 bits per heavy atom. The van der Waals surface area contributed by atoms with Crippen molar-refractivity contribution in [2.24, 2.45) is 0 Å². The minimum Gasteiger partial charge on any atom is -0.221 e. The van der Waals surface area contributed by atoms with Gasteiger partial charge in [0, 0.05) is 11.1 Å². The van der Waals surface area contributed by atoms with Gasteiger partial charge in [0.05, 0.1) is 0 Å². The van der Waals surface area contributed by atoms with Gasteiger partial charge in [0.15, 0.2) is 14.5 Å². The highest BCUT2D eigenvalue weighted by molar-refractivity contribution is 8.02. The summed E-state index contributed by atoms with van der Waals surface area (Å²) in [5.74, 6) is 0.665. The first kappa shape index (κ1) is 21.2. The first-order valence-electron chi connectivity index (χ1n) is 9.64. The number of rotatable bonds is 6. The van der Waals surface area contributed by atoms with Gasteiger partial charge >= 0.3 is 0 Å². The Labute approximate surface area is 201 Å². The number of nitrogens with zero attached hydrogens (tertiary/aromatic N) is 6. The van der Waals surface area contributed by atoms with Crippen LogP contribution in [-0.4, -0.2) is 30.4 Å². The van der Waals surface area contributed by atoms with Crippen LogP contribution in [0.1, 0.15) is 10.0 Å². The summed E-state index contributed by atoms with van der Waals surface area (Å²) in [6, 6.07) is 20.2. The summed E-state index contributed by atoms with van der Waals surface area (Å²) in [4.78, 5) is 9.95. The molecule has 3 aromatic heterocycles. The van der Waals surface area contributed by atoms with Crippen LogP contribution in [0.4, 0.5) is 0 Å². The third kappa shape index (κ3) is 4.73. The third-order valence-corrected chi connectivity index (χ3v) is 8.08. The van der Waals surface area contributed by atoms with Gasteiger partial charge in [0.1, 0.15) is 20.1 Å². The summed E-state index contributed by atoms with van der Waals surface area (Å²) in [6.45, 7) is 3.91. The van der Waals surface area contributed by atoms with E-state index in [4.69, 9.17) is 9.97 Å². The predicted molar refractivity (Wildman–Crippen MR) is 130 cm³/mol. The van der Waals surface area contributed by atoms with Crippen molar-refractivity contribution < 1.29 is 0 Å². The fourth-order valence-corrected chi connectivity index (χ4v) is 6.76. The molecule has 0 spiro atoms. The molecule has 0 bridgehead atoms. The van der Waals surface area contributed by atoms with Crippen LogP contribution >= 0.6 is 46.2 Å². The lowest BCUT2D eigenvalue weighted by Crippen LogP contribution is -1.99. The molecule has 3 heterocycles. The Morgan fingerprint density at radius 1 is 0.594 bits per heavy atom. The number of aromatic nitrogens is 6. The lowest BCUT2D eigenvalue weighted by atomic mass is 10.1. The average Bonchev–Trinajstić information content (AvgIpc) is 3.42. The van der Waals surface area contributed by atoms with E-state index < -0.39 is 0 Å². The van der Waals surface area contributed by atoms with Crippen LogP contribution < -0.4 is 0 Å². The van der Waals surface area contributed by atoms with Gasteiger partial charge in [0.2, 0.25) is 0 Å². The molecule has 6 nitrogen and oxygen atoms in total. The molecule has 5 aromatic rings. The van der Waals surface area contributed by atoms with Crippen LogP contribution in [0.5, 0.6) is 0 Å². The third-order valence-electron chi connectivity index (χ3n) is 4.32. The number of aryl methyl sites for hydroxylation is 2. The molecular weight excluding hydrogens is 477 g/mol. The van der Waals surface area contributed by atoms with E-state index in [-0.39, 0.29) is 0 Å². The monoisotopic (exact) mass is 492 g/mol. The molecule has 5 rings (SSSR count). The maximum atomic E-state index is 4.98. The first-order valence-corrected chi connectivity index (χ1v) is 12.9. The SMILES string of the molecule is Cc1nnc(Sc2nc(-c3ccccc3)nc(Sc3nnc(C)s3)c2-c2ccccc2)s1. The molecule has 0 atom stereocenters. The molecule has 0 fully saturated rings. The second-order valence-corrected chi connectivity index (χ2v) is 11.5. The van der Waals surface area contributed by atoms with Gasteiger partial charge in [0.25, 0.3) is 0 Å². The summed E-state index contributed by atoms with van der Waals surface area (Å²) in [5.41, 5.74) is 2.96. The molecule has 0 unspecified atom stereocenters. The summed E-state index contributed by atoms with van der Waals surface area (Å²) in [5, 5.41) is 20.5. The topological polar surface area (TPSA) is 77.3 Å². The molecule has 0 saturated carbocycles. The van der Waals surface area contributed by atoms with Crippen molar-refractivity contribution in [3.05, 3.63) is 70.7 Å². The Morgan fingerprint density at radius 2 is 1.06 bits per heavy atom. The van der Waals surface area contributed by atoms with Crippen LogP contribution in [0, 0.1) is 13.8 Å². The fraction of sp³-hybridized carbons (Fsp3) is 0.0909. The van der Waals surface area contributed by atoms with E-state index in [0.29, 0.717) is 5.82 Å². The van der Waals surface area contributed by atoms with Gasteiger partial charge < -0.3 is 0 Å². The second kappa shape index (κ2) is 9.45. The molecule has 0 radical (unpaired) electrons. The Balaban J connectivity index is 1.71. The van der Waals surface area contributed by atoms with Crippen molar-refractivity contribution in [1.82, 2.24) is 30.4 Å². The van der Waals surface area contributed by atoms with Gasteiger partial charge in [-0.05, 0) is 42.9 Å². The molecule has 0 aliphatic carbocycles. The highest BCUT2D eigenvalue weighted by Crippen LogP contribution is 2.43. The van der Waals surface area contributed by atoms with Gasteiger partial charge in [-0.3, -0.25) is 0 Å². The van der Waals surface area contributed by atoms with Crippen LogP contribution in [0.2, 0.25) is 0 Å². The molecule has 0 N–H and O–H groups in total. The van der Waals surface area contributed by atoms with Gasteiger partial charge in [-0.25, -0.2) is 9.97 Å². The van der Waals surface area contributed by atoms with Crippen LogP contribution in [-0.2, 0) is 0 Å². The zero-order chi connectivity index (χ0) is 21.9. The van der Waals surface area contributed by atoms with Gasteiger partial charge in [-0.1, -0.05) is 83.3 Å². The largest absolute Gasteiger partial charge is 0.221 e.